The van der Waals surface area contributed by atoms with E-state index in [1.165, 1.54) is 64.9 Å². The largest absolute Gasteiger partial charge is 0.339 e. The normalized spacial score (nSPS) is 23.1. The maximum atomic E-state index is 6.65. The van der Waals surface area contributed by atoms with Crippen molar-refractivity contribution < 1.29 is 0 Å². The number of halogens is 1. The van der Waals surface area contributed by atoms with Crippen LogP contribution in [0, 0.1) is 6.92 Å². The van der Waals surface area contributed by atoms with E-state index in [0.29, 0.717) is 0 Å². The summed E-state index contributed by atoms with van der Waals surface area (Å²) < 4.78 is 0. The molecule has 0 saturated carbocycles. The van der Waals surface area contributed by atoms with Crippen LogP contribution in [0.2, 0.25) is 0 Å². The van der Waals surface area contributed by atoms with E-state index < -0.39 is 0 Å². The highest BCUT2D eigenvalue weighted by Gasteiger charge is 2.34. The number of nitrogens with zero attached hydrogens (tertiary/aromatic N) is 1. The van der Waals surface area contributed by atoms with Crippen molar-refractivity contribution in [3.8, 4) is 11.1 Å². The Hall–Kier alpha value is -1.99. The first kappa shape index (κ1) is 26.1. The van der Waals surface area contributed by atoms with E-state index in [-0.39, 0.29) is 16.3 Å². The number of fused-ring (bicyclic) bond motifs is 4. The molecule has 3 atom stereocenters. The fourth-order valence-electron chi connectivity index (χ4n) is 6.08. The molecule has 2 aromatic rings. The van der Waals surface area contributed by atoms with E-state index in [1.54, 1.807) is 0 Å². The summed E-state index contributed by atoms with van der Waals surface area (Å²) in [6.45, 7) is 14.2. The molecule has 0 radical (unpaired) electrons. The van der Waals surface area contributed by atoms with Gasteiger partial charge < -0.3 is 4.90 Å². The van der Waals surface area contributed by atoms with Gasteiger partial charge in [0.15, 0.2) is 0 Å². The van der Waals surface area contributed by atoms with Gasteiger partial charge in [-0.05, 0) is 97.4 Å². The number of unbranched alkanes of at least 4 members (excludes halogenated alkanes) is 1. The van der Waals surface area contributed by atoms with Crippen molar-refractivity contribution in [1.29, 1.82) is 0 Å². The van der Waals surface area contributed by atoms with Gasteiger partial charge in [0.2, 0.25) is 0 Å². The molecule has 3 aliphatic rings. The van der Waals surface area contributed by atoms with Gasteiger partial charge in [-0.15, -0.1) is 11.6 Å². The molecular formula is C33H44ClN. The lowest BCUT2D eigenvalue weighted by molar-refractivity contribution is 0.381. The number of hydrogen-bond acceptors (Lipinski definition) is 1. The van der Waals surface area contributed by atoms with Crippen LogP contribution in [0.1, 0.15) is 96.3 Å². The smallest absolute Gasteiger partial charge is 0.0573 e. The van der Waals surface area contributed by atoms with Gasteiger partial charge in [0.25, 0.3) is 0 Å². The molecule has 2 bridgehead atoms. The van der Waals surface area contributed by atoms with Crippen molar-refractivity contribution in [2.45, 2.75) is 109 Å². The lowest BCUT2D eigenvalue weighted by Gasteiger charge is -2.45. The van der Waals surface area contributed by atoms with Crippen molar-refractivity contribution in [3.63, 3.8) is 0 Å². The molecule has 0 N–H and O–H groups in total. The summed E-state index contributed by atoms with van der Waals surface area (Å²) in [5.74, 6) is 0. The maximum Gasteiger partial charge on any atom is 0.0573 e. The Morgan fingerprint density at radius 2 is 1.86 bits per heavy atom. The Labute approximate surface area is 219 Å². The number of allylic oxidation sites excluding steroid dienone is 4. The molecule has 0 heterocycles. The average Bonchev–Trinajstić information content (AvgIpc) is 2.94. The molecular weight excluding hydrogens is 446 g/mol. The van der Waals surface area contributed by atoms with Crippen LogP contribution >= 0.6 is 11.6 Å². The minimum Gasteiger partial charge on any atom is -0.339 e. The van der Waals surface area contributed by atoms with E-state index in [1.807, 2.05) is 0 Å². The van der Waals surface area contributed by atoms with Crippen molar-refractivity contribution in [3.05, 3.63) is 77.0 Å². The predicted octanol–water partition coefficient (Wildman–Crippen LogP) is 9.89. The highest BCUT2D eigenvalue weighted by atomic mass is 35.5. The predicted molar refractivity (Wildman–Crippen MR) is 155 cm³/mol. The van der Waals surface area contributed by atoms with Crippen molar-refractivity contribution in [2.75, 3.05) is 4.90 Å². The molecule has 0 aliphatic heterocycles. The second kappa shape index (κ2) is 10.6. The number of aryl methyl sites for hydroxylation is 2. The zero-order valence-corrected chi connectivity index (χ0v) is 23.5. The fraction of sp³-hybridized carbons (Fsp3) is 0.515. The first-order valence-corrected chi connectivity index (χ1v) is 14.2. The molecule has 0 amide bonds. The second-order valence-electron chi connectivity index (χ2n) is 11.3. The molecule has 3 aliphatic carbocycles. The molecule has 1 nitrogen and oxygen atoms in total. The van der Waals surface area contributed by atoms with Gasteiger partial charge >= 0.3 is 0 Å². The SMILES string of the molecule is CCCCC(C)(CC)N(C1=CC=CC(Cl)C1)c1ccc2c(c1)CCC(C)(CC)c1ccc-2c(C)c1. The Morgan fingerprint density at radius 3 is 2.51 bits per heavy atom. The maximum absolute atomic E-state index is 6.65. The van der Waals surface area contributed by atoms with Crippen LogP contribution in [0.15, 0.2) is 60.3 Å². The number of hydrogen-bond donors (Lipinski definition) is 0. The van der Waals surface area contributed by atoms with Crippen LogP contribution in [-0.4, -0.2) is 10.9 Å². The van der Waals surface area contributed by atoms with E-state index in [2.05, 4.69) is 101 Å². The summed E-state index contributed by atoms with van der Waals surface area (Å²) >= 11 is 6.65. The van der Waals surface area contributed by atoms with Crippen LogP contribution in [0.5, 0.6) is 0 Å². The minimum absolute atomic E-state index is 0.0591. The van der Waals surface area contributed by atoms with E-state index in [4.69, 9.17) is 11.6 Å². The Kier molecular flexibility index (Phi) is 7.86. The van der Waals surface area contributed by atoms with Crippen LogP contribution < -0.4 is 4.90 Å². The summed E-state index contributed by atoms with van der Waals surface area (Å²) in [7, 11) is 0. The van der Waals surface area contributed by atoms with Crippen LogP contribution in [0.4, 0.5) is 5.69 Å². The van der Waals surface area contributed by atoms with E-state index in [0.717, 1.165) is 25.7 Å². The summed E-state index contributed by atoms with van der Waals surface area (Å²) in [5, 5.41) is 0.0591. The zero-order chi connectivity index (χ0) is 25.2. The molecule has 0 aromatic heterocycles. The molecule has 3 unspecified atom stereocenters. The van der Waals surface area contributed by atoms with Gasteiger partial charge in [-0.1, -0.05) is 77.0 Å². The number of alkyl halides is 1. The third kappa shape index (κ3) is 5.12. The number of rotatable bonds is 8. The molecule has 0 saturated heterocycles. The van der Waals surface area contributed by atoms with Gasteiger partial charge in [0.05, 0.1) is 5.38 Å². The summed E-state index contributed by atoms with van der Waals surface area (Å²) in [4.78, 5) is 2.64. The minimum atomic E-state index is 0.0591. The third-order valence-electron chi connectivity index (χ3n) is 8.96. The van der Waals surface area contributed by atoms with Crippen molar-refractivity contribution >= 4 is 17.3 Å². The average molecular weight is 490 g/mol. The number of anilines is 1. The molecule has 35 heavy (non-hydrogen) atoms. The first-order chi connectivity index (χ1) is 16.7. The van der Waals surface area contributed by atoms with E-state index >= 15 is 0 Å². The lowest BCUT2D eigenvalue weighted by atomic mass is 9.76. The second-order valence-corrected chi connectivity index (χ2v) is 11.9. The monoisotopic (exact) mass is 489 g/mol. The zero-order valence-electron chi connectivity index (χ0n) is 22.8. The van der Waals surface area contributed by atoms with Gasteiger partial charge in [-0.2, -0.15) is 0 Å². The topological polar surface area (TPSA) is 3.24 Å². The van der Waals surface area contributed by atoms with Crippen molar-refractivity contribution in [2.24, 2.45) is 0 Å². The molecule has 5 rings (SSSR count). The molecule has 0 fully saturated rings. The van der Waals surface area contributed by atoms with Crippen LogP contribution in [0.3, 0.4) is 0 Å². The number of benzene rings is 2. The quantitative estimate of drug-likeness (QED) is 0.333. The molecule has 0 spiro atoms. The standard InChI is InChI=1S/C33H44ClN/c1-7-10-19-33(6,9-3)35(28-13-11-12-27(34)23-28)29-15-17-31-25(22-29)18-20-32(5,8-2)26-14-16-30(31)24(4)21-26/h11-17,21-22,27H,7-10,18-20,23H2,1-6H3. The summed E-state index contributed by atoms with van der Waals surface area (Å²) in [5.41, 5.74) is 10.1. The van der Waals surface area contributed by atoms with Gasteiger partial charge in [0.1, 0.15) is 0 Å². The molecule has 2 aromatic carbocycles. The van der Waals surface area contributed by atoms with Crippen LogP contribution in [0.25, 0.3) is 11.1 Å². The highest BCUT2D eigenvalue weighted by molar-refractivity contribution is 6.22. The van der Waals surface area contributed by atoms with E-state index in [9.17, 15) is 0 Å². The highest BCUT2D eigenvalue weighted by Crippen LogP contribution is 2.43. The Bertz CT molecular complexity index is 1110. The fourth-order valence-corrected chi connectivity index (χ4v) is 6.33. The first-order valence-electron chi connectivity index (χ1n) is 13.8. The lowest BCUT2D eigenvalue weighted by Crippen LogP contribution is -2.46. The Balaban J connectivity index is 1.85. The van der Waals surface area contributed by atoms with Gasteiger partial charge in [-0.25, -0.2) is 0 Å². The van der Waals surface area contributed by atoms with Gasteiger partial charge in [-0.3, -0.25) is 0 Å². The van der Waals surface area contributed by atoms with Crippen LogP contribution in [-0.2, 0) is 11.8 Å². The Morgan fingerprint density at radius 1 is 1.09 bits per heavy atom. The molecule has 2 heteroatoms. The van der Waals surface area contributed by atoms with Crippen molar-refractivity contribution in [1.82, 2.24) is 0 Å². The summed E-state index contributed by atoms with van der Waals surface area (Å²) in [6.07, 6.45) is 15.6. The summed E-state index contributed by atoms with van der Waals surface area (Å²) in [6, 6.07) is 14.4. The third-order valence-corrected chi connectivity index (χ3v) is 9.26. The van der Waals surface area contributed by atoms with Gasteiger partial charge in [0, 0.05) is 23.3 Å². The molecule has 188 valence electrons.